The zero-order chi connectivity index (χ0) is 31.1. The standard InChI is InChI=1S/C36H60O6/c1-22(20-37)23-12-17-36(30(40)42-21-41-29(39)31(2,3)4)19-18-34(8)24(28(23)36)10-11-26-33(7)15-14-27(38)32(5,6)25(33)13-16-35(26,34)9/h22-28,37-38H,10-21H2,1-9H3/t22?,23?,24?,25?,26?,27-,28?,33-,34+,35+,36-/m0/s1. The predicted octanol–water partition coefficient (Wildman–Crippen LogP) is 7.15. The van der Waals surface area contributed by atoms with E-state index < -0.39 is 10.8 Å². The molecule has 5 saturated carbocycles. The molecule has 6 nitrogen and oxygen atoms in total. The maximum Gasteiger partial charge on any atom is 0.315 e. The average molecular weight is 589 g/mol. The molecule has 5 aliphatic rings. The summed E-state index contributed by atoms with van der Waals surface area (Å²) in [7, 11) is 0. The summed E-state index contributed by atoms with van der Waals surface area (Å²) in [6.45, 7) is 19.6. The lowest BCUT2D eigenvalue weighted by Gasteiger charge is -2.72. The molecule has 5 rings (SSSR count). The molecular formula is C36H60O6. The number of carbonyl (C=O) groups excluding carboxylic acids is 2. The van der Waals surface area contributed by atoms with Crippen LogP contribution in [-0.2, 0) is 19.1 Å². The fourth-order valence-corrected chi connectivity index (χ4v) is 12.3. The van der Waals surface area contributed by atoms with Gasteiger partial charge in [0, 0.05) is 6.61 Å². The van der Waals surface area contributed by atoms with Crippen LogP contribution in [0.5, 0.6) is 0 Å². The topological polar surface area (TPSA) is 93.1 Å². The van der Waals surface area contributed by atoms with Gasteiger partial charge in [0.15, 0.2) is 0 Å². The van der Waals surface area contributed by atoms with Crippen LogP contribution in [0.3, 0.4) is 0 Å². The van der Waals surface area contributed by atoms with E-state index in [-0.39, 0.29) is 70.9 Å². The number of ether oxygens (including phenoxy) is 2. The van der Waals surface area contributed by atoms with E-state index in [0.29, 0.717) is 17.8 Å². The van der Waals surface area contributed by atoms with Crippen LogP contribution in [0.2, 0.25) is 0 Å². The lowest BCUT2D eigenvalue weighted by molar-refractivity contribution is -0.251. The smallest absolute Gasteiger partial charge is 0.315 e. The third-order valence-electron chi connectivity index (χ3n) is 14.9. The van der Waals surface area contributed by atoms with Gasteiger partial charge in [-0.1, -0.05) is 41.5 Å². The lowest BCUT2D eigenvalue weighted by Crippen LogP contribution is -2.67. The Hall–Kier alpha value is -1.14. The minimum absolute atomic E-state index is 0.0683. The largest absolute Gasteiger partial charge is 0.427 e. The van der Waals surface area contributed by atoms with E-state index in [9.17, 15) is 19.8 Å². The number of carbonyl (C=O) groups is 2. The van der Waals surface area contributed by atoms with Crippen LogP contribution < -0.4 is 0 Å². The monoisotopic (exact) mass is 588 g/mol. The Labute approximate surface area is 255 Å². The van der Waals surface area contributed by atoms with Gasteiger partial charge in [0.2, 0.25) is 6.79 Å². The second kappa shape index (κ2) is 10.5. The van der Waals surface area contributed by atoms with Gasteiger partial charge in [0.1, 0.15) is 0 Å². The first-order chi connectivity index (χ1) is 19.4. The second-order valence-corrected chi connectivity index (χ2v) is 17.8. The van der Waals surface area contributed by atoms with Gasteiger partial charge < -0.3 is 19.7 Å². The van der Waals surface area contributed by atoms with Crippen LogP contribution in [0.25, 0.3) is 0 Å². The first-order valence-electron chi connectivity index (χ1n) is 17.0. The lowest BCUT2D eigenvalue weighted by atomic mass is 9.32. The fourth-order valence-electron chi connectivity index (χ4n) is 12.3. The van der Waals surface area contributed by atoms with Crippen LogP contribution in [0.1, 0.15) is 127 Å². The summed E-state index contributed by atoms with van der Waals surface area (Å²) in [5, 5.41) is 21.3. The highest BCUT2D eigenvalue weighted by Gasteiger charge is 2.72. The van der Waals surface area contributed by atoms with Crippen LogP contribution >= 0.6 is 0 Å². The van der Waals surface area contributed by atoms with Crippen LogP contribution in [0.4, 0.5) is 0 Å². The molecule has 0 radical (unpaired) electrons. The van der Waals surface area contributed by atoms with Crippen molar-refractivity contribution in [3.8, 4) is 0 Å². The molecule has 6 heteroatoms. The molecule has 2 N–H and O–H groups in total. The molecule has 0 amide bonds. The number of rotatable bonds is 5. The van der Waals surface area contributed by atoms with Crippen molar-refractivity contribution in [1.82, 2.24) is 0 Å². The van der Waals surface area contributed by atoms with Gasteiger partial charge >= 0.3 is 11.9 Å². The summed E-state index contributed by atoms with van der Waals surface area (Å²) in [4.78, 5) is 26.4. The Morgan fingerprint density at radius 1 is 0.833 bits per heavy atom. The third-order valence-corrected chi connectivity index (χ3v) is 14.9. The van der Waals surface area contributed by atoms with E-state index in [2.05, 4.69) is 41.5 Å². The van der Waals surface area contributed by atoms with E-state index in [4.69, 9.17) is 9.47 Å². The Bertz CT molecular complexity index is 1060. The third kappa shape index (κ3) is 4.45. The van der Waals surface area contributed by atoms with Crippen LogP contribution in [-0.4, -0.2) is 41.7 Å². The molecule has 5 aliphatic carbocycles. The molecular weight excluding hydrogens is 528 g/mol. The van der Waals surface area contributed by atoms with Crippen molar-refractivity contribution >= 4 is 11.9 Å². The summed E-state index contributed by atoms with van der Waals surface area (Å²) in [6, 6.07) is 0. The summed E-state index contributed by atoms with van der Waals surface area (Å²) < 4.78 is 11.2. The number of hydrogen-bond acceptors (Lipinski definition) is 6. The van der Waals surface area contributed by atoms with E-state index in [1.807, 2.05) is 0 Å². The van der Waals surface area contributed by atoms with Gasteiger partial charge in [-0.2, -0.15) is 0 Å². The number of fused-ring (bicyclic) bond motifs is 7. The fraction of sp³-hybridized carbons (Fsp3) is 0.944. The molecule has 0 heterocycles. The van der Waals surface area contributed by atoms with E-state index in [0.717, 1.165) is 51.4 Å². The molecule has 240 valence electrons. The Balaban J connectivity index is 1.46. The van der Waals surface area contributed by atoms with Crippen molar-refractivity contribution in [2.24, 2.45) is 68.0 Å². The van der Waals surface area contributed by atoms with Gasteiger partial charge in [-0.3, -0.25) is 9.59 Å². The highest BCUT2D eigenvalue weighted by molar-refractivity contribution is 5.79. The van der Waals surface area contributed by atoms with Crippen molar-refractivity contribution in [3.63, 3.8) is 0 Å². The number of hydrogen-bond donors (Lipinski definition) is 2. The van der Waals surface area contributed by atoms with Crippen LogP contribution in [0, 0.1) is 68.0 Å². The molecule has 11 atom stereocenters. The van der Waals surface area contributed by atoms with E-state index >= 15 is 0 Å². The number of esters is 2. The average Bonchev–Trinajstić information content (AvgIpc) is 3.31. The van der Waals surface area contributed by atoms with Gasteiger partial charge in [-0.05, 0) is 142 Å². The normalized spacial score (nSPS) is 46.8. The molecule has 5 fully saturated rings. The maximum absolute atomic E-state index is 14.1. The first kappa shape index (κ1) is 32.3. The van der Waals surface area contributed by atoms with Gasteiger partial charge in [-0.25, -0.2) is 0 Å². The SMILES string of the molecule is CC(CO)C1CC[C@]2(C(=O)OCOC(=O)C(C)(C)C)CC[C@]3(C)C(CCC4[C@@]5(C)CC[C@H](O)C(C)(C)C5CC[C@]43C)C12. The minimum atomic E-state index is -0.649. The van der Waals surface area contributed by atoms with Crippen LogP contribution in [0.15, 0.2) is 0 Å². The molecule has 0 aromatic heterocycles. The number of aliphatic hydroxyl groups excluding tert-OH is 2. The Kier molecular flexibility index (Phi) is 8.03. The minimum Gasteiger partial charge on any atom is -0.427 e. The van der Waals surface area contributed by atoms with Gasteiger partial charge in [0.25, 0.3) is 0 Å². The number of aliphatic hydroxyl groups is 2. The molecule has 0 bridgehead atoms. The molecule has 0 aromatic carbocycles. The summed E-state index contributed by atoms with van der Waals surface area (Å²) in [6.07, 6.45) is 9.89. The zero-order valence-corrected chi connectivity index (χ0v) is 28.1. The van der Waals surface area contributed by atoms with Gasteiger partial charge in [-0.15, -0.1) is 0 Å². The van der Waals surface area contributed by atoms with Crippen molar-refractivity contribution in [1.29, 1.82) is 0 Å². The maximum atomic E-state index is 14.1. The van der Waals surface area contributed by atoms with E-state index in [1.165, 1.54) is 12.8 Å². The van der Waals surface area contributed by atoms with E-state index in [1.54, 1.807) is 20.8 Å². The summed E-state index contributed by atoms with van der Waals surface area (Å²) in [5.41, 5.74) is -0.830. The Morgan fingerprint density at radius 2 is 1.52 bits per heavy atom. The van der Waals surface area contributed by atoms with Crippen molar-refractivity contribution in [3.05, 3.63) is 0 Å². The highest BCUT2D eigenvalue weighted by atomic mass is 16.7. The molecule has 0 spiro atoms. The quantitative estimate of drug-likeness (QED) is 0.262. The Morgan fingerprint density at radius 3 is 2.17 bits per heavy atom. The predicted molar refractivity (Wildman–Crippen MR) is 163 cm³/mol. The zero-order valence-electron chi connectivity index (χ0n) is 28.1. The molecule has 0 aromatic rings. The highest BCUT2D eigenvalue weighted by Crippen LogP contribution is 2.77. The summed E-state index contributed by atoms with van der Waals surface area (Å²) in [5.74, 6) is 1.52. The second-order valence-electron chi connectivity index (χ2n) is 17.8. The van der Waals surface area contributed by atoms with Crippen molar-refractivity contribution in [2.45, 2.75) is 133 Å². The molecule has 6 unspecified atom stereocenters. The summed E-state index contributed by atoms with van der Waals surface area (Å²) >= 11 is 0. The molecule has 0 aliphatic heterocycles. The van der Waals surface area contributed by atoms with Crippen molar-refractivity contribution in [2.75, 3.05) is 13.4 Å². The van der Waals surface area contributed by atoms with Crippen molar-refractivity contribution < 1.29 is 29.3 Å². The van der Waals surface area contributed by atoms with Gasteiger partial charge in [0.05, 0.1) is 16.9 Å². The first-order valence-corrected chi connectivity index (χ1v) is 17.0. The molecule has 42 heavy (non-hydrogen) atoms. The molecule has 0 saturated heterocycles.